The van der Waals surface area contributed by atoms with Crippen LogP contribution in [-0.2, 0) is 0 Å². The molecule has 1 unspecified atom stereocenters. The third kappa shape index (κ3) is 4.26. The molecule has 4 aliphatic heterocycles. The Morgan fingerprint density at radius 1 is 1.05 bits per heavy atom. The highest BCUT2D eigenvalue weighted by Crippen LogP contribution is 2.44. The van der Waals surface area contributed by atoms with E-state index in [-0.39, 0.29) is 40.3 Å². The average Bonchev–Trinajstić information content (AvgIpc) is 3.63. The Hall–Kier alpha value is -3.87. The van der Waals surface area contributed by atoms with Crippen molar-refractivity contribution in [1.82, 2.24) is 25.2 Å². The molecule has 9 heteroatoms. The summed E-state index contributed by atoms with van der Waals surface area (Å²) >= 11 is 0. The number of rotatable bonds is 4. The zero-order valence-corrected chi connectivity index (χ0v) is 25.0. The van der Waals surface area contributed by atoms with Crippen LogP contribution < -0.4 is 15.0 Å². The molecule has 2 aromatic heterocycles. The Morgan fingerprint density at radius 3 is 2.70 bits per heavy atom. The van der Waals surface area contributed by atoms with Gasteiger partial charge in [0.05, 0.1) is 22.2 Å². The smallest absolute Gasteiger partial charge is 0.319 e. The summed E-state index contributed by atoms with van der Waals surface area (Å²) in [4.78, 5) is 19.7. The summed E-state index contributed by atoms with van der Waals surface area (Å²) in [7, 11) is 0. The van der Waals surface area contributed by atoms with Gasteiger partial charge in [-0.1, -0.05) is 37.1 Å². The first-order chi connectivity index (χ1) is 21.5. The number of piperazine rings is 1. The van der Waals surface area contributed by atoms with Gasteiger partial charge in [0.2, 0.25) is 0 Å². The Labute approximate surface area is 256 Å². The molecule has 8 rings (SSSR count). The molecule has 6 heterocycles. The lowest BCUT2D eigenvalue weighted by Gasteiger charge is -2.40. The molecule has 2 aromatic carbocycles. The first kappa shape index (κ1) is 27.7. The van der Waals surface area contributed by atoms with Crippen LogP contribution in [0.2, 0.25) is 0 Å². The van der Waals surface area contributed by atoms with Crippen molar-refractivity contribution in [1.29, 1.82) is 0 Å². The van der Waals surface area contributed by atoms with E-state index in [2.05, 4.69) is 28.0 Å². The van der Waals surface area contributed by atoms with E-state index < -0.39 is 11.6 Å². The monoisotopic (exact) mass is 594 g/mol. The number of nitrogens with zero attached hydrogens (tertiary/aromatic N) is 5. The second-order valence-electron chi connectivity index (χ2n) is 12.9. The minimum absolute atomic E-state index is 0.00176. The molecule has 0 amide bonds. The molecular weight excluding hydrogens is 558 g/mol. The van der Waals surface area contributed by atoms with E-state index in [1.165, 1.54) is 6.07 Å². The zero-order chi connectivity index (χ0) is 30.0. The first-order valence-electron chi connectivity index (χ1n) is 15.9. The molecule has 0 spiro atoms. The molecule has 3 fully saturated rings. The zero-order valence-electron chi connectivity index (χ0n) is 25.0. The van der Waals surface area contributed by atoms with Crippen LogP contribution in [0.25, 0.3) is 32.9 Å². The average molecular weight is 595 g/mol. The summed E-state index contributed by atoms with van der Waals surface area (Å²) < 4.78 is 38.5. The van der Waals surface area contributed by atoms with Gasteiger partial charge in [-0.2, -0.15) is 9.97 Å². The lowest BCUT2D eigenvalue weighted by Crippen LogP contribution is -2.52. The molecule has 0 aliphatic carbocycles. The van der Waals surface area contributed by atoms with Crippen LogP contribution in [-0.4, -0.2) is 70.8 Å². The maximum absolute atomic E-state index is 17.1. The maximum Gasteiger partial charge on any atom is 0.319 e. The van der Waals surface area contributed by atoms with Crippen LogP contribution in [0.3, 0.4) is 0 Å². The molecule has 4 aliphatic rings. The SMILES string of the molecule is C#Cc1c(F)ccc2cccc(-c3nc4c5c(nc(OCC67CCCN6CCC7)nc5c3F)N3CCNCC3CC[C@H]4C)c12. The maximum atomic E-state index is 17.1. The van der Waals surface area contributed by atoms with E-state index in [4.69, 9.17) is 26.1 Å². The van der Waals surface area contributed by atoms with Gasteiger partial charge >= 0.3 is 6.01 Å². The summed E-state index contributed by atoms with van der Waals surface area (Å²) in [5.74, 6) is 2.12. The van der Waals surface area contributed by atoms with Crippen molar-refractivity contribution in [2.45, 2.75) is 62.9 Å². The van der Waals surface area contributed by atoms with Crippen LogP contribution in [0.5, 0.6) is 6.01 Å². The Bertz CT molecular complexity index is 1830. The van der Waals surface area contributed by atoms with E-state index in [9.17, 15) is 4.39 Å². The highest BCUT2D eigenvalue weighted by Gasteiger charge is 2.45. The van der Waals surface area contributed by atoms with Gasteiger partial charge in [0, 0.05) is 36.6 Å². The second kappa shape index (κ2) is 10.6. The van der Waals surface area contributed by atoms with Crippen molar-refractivity contribution in [3.63, 3.8) is 0 Å². The van der Waals surface area contributed by atoms with Gasteiger partial charge in [0.15, 0.2) is 5.82 Å². The van der Waals surface area contributed by atoms with E-state index in [1.807, 2.05) is 12.1 Å². The Balaban J connectivity index is 1.36. The fourth-order valence-electron chi connectivity index (χ4n) is 8.20. The third-order valence-corrected chi connectivity index (χ3v) is 10.5. The lowest BCUT2D eigenvalue weighted by molar-refractivity contribution is 0.108. The summed E-state index contributed by atoms with van der Waals surface area (Å²) in [6.07, 6.45) is 12.1. The number of halogens is 2. The number of fused-ring (bicyclic) bond motifs is 4. The molecule has 1 N–H and O–H groups in total. The fraction of sp³-hybridized carbons (Fsp3) is 0.457. The minimum atomic E-state index is -0.571. The lowest BCUT2D eigenvalue weighted by atomic mass is 9.90. The number of anilines is 1. The largest absolute Gasteiger partial charge is 0.461 e. The van der Waals surface area contributed by atoms with Crippen LogP contribution in [0.1, 0.15) is 62.6 Å². The summed E-state index contributed by atoms with van der Waals surface area (Å²) in [5.41, 5.74) is 1.62. The highest BCUT2D eigenvalue weighted by atomic mass is 19.1. The molecule has 0 radical (unpaired) electrons. The summed E-state index contributed by atoms with van der Waals surface area (Å²) in [6.45, 7) is 7.20. The molecule has 7 nitrogen and oxygen atoms in total. The number of benzene rings is 2. The van der Waals surface area contributed by atoms with Gasteiger partial charge in [-0.25, -0.2) is 13.8 Å². The van der Waals surface area contributed by atoms with E-state index in [0.29, 0.717) is 28.8 Å². The van der Waals surface area contributed by atoms with E-state index in [1.54, 1.807) is 12.1 Å². The number of pyridine rings is 1. The Morgan fingerprint density at radius 2 is 1.89 bits per heavy atom. The predicted octanol–water partition coefficient (Wildman–Crippen LogP) is 5.79. The van der Waals surface area contributed by atoms with Gasteiger partial charge in [-0.15, -0.1) is 6.42 Å². The molecule has 3 saturated heterocycles. The highest BCUT2D eigenvalue weighted by molar-refractivity contribution is 6.02. The van der Waals surface area contributed by atoms with Crippen LogP contribution >= 0.6 is 0 Å². The van der Waals surface area contributed by atoms with Crippen molar-refractivity contribution in [2.24, 2.45) is 0 Å². The number of ether oxygens (including phenoxy) is 1. The van der Waals surface area contributed by atoms with E-state index in [0.717, 1.165) is 82.3 Å². The van der Waals surface area contributed by atoms with Crippen molar-refractivity contribution >= 4 is 27.5 Å². The number of aromatic nitrogens is 3. The molecule has 0 bridgehead atoms. The van der Waals surface area contributed by atoms with Crippen LogP contribution in [0.15, 0.2) is 30.3 Å². The number of terminal acetylenes is 1. The third-order valence-electron chi connectivity index (χ3n) is 10.5. The Kier molecular flexibility index (Phi) is 6.69. The van der Waals surface area contributed by atoms with E-state index >= 15 is 4.39 Å². The molecule has 2 atom stereocenters. The van der Waals surface area contributed by atoms with Crippen molar-refractivity contribution in [3.05, 3.63) is 53.2 Å². The van der Waals surface area contributed by atoms with Crippen molar-refractivity contribution in [3.8, 4) is 29.6 Å². The summed E-state index contributed by atoms with van der Waals surface area (Å²) in [6, 6.07) is 8.89. The molecule has 44 heavy (non-hydrogen) atoms. The summed E-state index contributed by atoms with van der Waals surface area (Å²) in [5, 5.41) is 5.36. The quantitative estimate of drug-likeness (QED) is 0.300. The fourth-order valence-corrected chi connectivity index (χ4v) is 8.20. The van der Waals surface area contributed by atoms with Gasteiger partial charge in [-0.05, 0) is 69.0 Å². The second-order valence-corrected chi connectivity index (χ2v) is 12.9. The minimum Gasteiger partial charge on any atom is -0.461 e. The first-order valence-corrected chi connectivity index (χ1v) is 15.9. The molecule has 226 valence electrons. The predicted molar refractivity (Wildman–Crippen MR) is 168 cm³/mol. The van der Waals surface area contributed by atoms with Gasteiger partial charge in [0.25, 0.3) is 0 Å². The van der Waals surface area contributed by atoms with Crippen LogP contribution in [0, 0.1) is 24.0 Å². The topological polar surface area (TPSA) is 66.4 Å². The normalized spacial score (nSPS) is 22.8. The molecular formula is C35H36F2N6O. The number of hydrogen-bond acceptors (Lipinski definition) is 7. The van der Waals surface area contributed by atoms with Crippen molar-refractivity contribution < 1.29 is 13.5 Å². The van der Waals surface area contributed by atoms with Gasteiger partial charge in [-0.3, -0.25) is 4.90 Å². The number of nitrogens with one attached hydrogen (secondary N) is 1. The molecule has 0 saturated carbocycles. The van der Waals surface area contributed by atoms with Crippen molar-refractivity contribution in [2.75, 3.05) is 44.2 Å². The van der Waals surface area contributed by atoms with Crippen LogP contribution in [0.4, 0.5) is 14.6 Å². The van der Waals surface area contributed by atoms with Gasteiger partial charge in [0.1, 0.15) is 29.5 Å². The standard InChI is InChI=1S/C35H36F2N6O/c1-3-24-26(36)12-10-22-7-4-8-25(27(22)24)31-29(37)32-28-30(39-31)21(2)9-11-23-19-38-15-18-43(23)33(28)41-34(40-32)44-20-35-13-5-16-42(35)17-6-14-35/h1,4,7-8,10,12,21,23,38H,5-6,9,11,13-20H2,2H3/t21-,23?/m1/s1. The number of hydrogen-bond donors (Lipinski definition) is 1. The van der Waals surface area contributed by atoms with Gasteiger partial charge < -0.3 is 15.0 Å². The molecule has 4 aromatic rings.